The van der Waals surface area contributed by atoms with Crippen LogP contribution in [0.5, 0.6) is 0 Å². The molecule has 1 amide bonds. The van der Waals surface area contributed by atoms with Gasteiger partial charge in [-0.25, -0.2) is 0 Å². The predicted octanol–water partition coefficient (Wildman–Crippen LogP) is -12.6. The summed E-state index contributed by atoms with van der Waals surface area (Å²) in [6.07, 6.45) is -27.3. The van der Waals surface area contributed by atoms with Crippen LogP contribution in [0.2, 0.25) is 0 Å². The summed E-state index contributed by atoms with van der Waals surface area (Å²) in [6.45, 7) is -1.84. The number of aliphatic hydroxyl groups excluding tert-OH is 11. The SMILES string of the molecule is CC(=O)NC1C(O)CC(OCC2OC(OC3C(CO)OC(O)C(O)C3O)C(O)C(O)C2O)(C(=O)[O-])OC1C(O)C(O)CO.[Na+]. The van der Waals surface area contributed by atoms with Crippen LogP contribution in [-0.4, -0.2) is 186 Å². The molecule has 3 rings (SSSR count). The van der Waals surface area contributed by atoms with E-state index in [0.29, 0.717) is 0 Å². The van der Waals surface area contributed by atoms with Gasteiger partial charge >= 0.3 is 29.6 Å². The number of carboxylic acid groups (broad SMARTS) is 1. The molecular formula is C23H38NNaO19. The number of aliphatic hydroxyl groups is 11. The van der Waals surface area contributed by atoms with Gasteiger partial charge in [0, 0.05) is 13.3 Å². The van der Waals surface area contributed by atoms with Crippen molar-refractivity contribution < 1.29 is 124 Å². The van der Waals surface area contributed by atoms with Crippen LogP contribution in [0.4, 0.5) is 0 Å². The Morgan fingerprint density at radius 3 is 2.14 bits per heavy atom. The van der Waals surface area contributed by atoms with Crippen LogP contribution in [0, 0.1) is 0 Å². The summed E-state index contributed by atoms with van der Waals surface area (Å²) in [5.74, 6) is -5.80. The zero-order chi connectivity index (χ0) is 32.4. The van der Waals surface area contributed by atoms with Crippen molar-refractivity contribution in [3.8, 4) is 0 Å². The fraction of sp³-hybridized carbons (Fsp3) is 0.913. The third-order valence-corrected chi connectivity index (χ3v) is 7.45. The van der Waals surface area contributed by atoms with Crippen molar-refractivity contribution in [2.24, 2.45) is 0 Å². The molecule has 3 aliphatic heterocycles. The molecule has 0 aliphatic carbocycles. The van der Waals surface area contributed by atoms with Gasteiger partial charge in [-0.3, -0.25) is 4.79 Å². The standard InChI is InChI=1S/C23H39NO19.Na/c1-6(27)24-11-7(28)2-23(22(37)38,43-19(11)12(30)8(29)3-25)39-5-10-13(31)14(32)17(35)21(41-10)42-18-9(4-26)40-20(36)16(34)15(18)33;/h7-21,25-26,28-36H,2-5H2,1H3,(H,24,27)(H,37,38);/q;+1/p-1. The van der Waals surface area contributed by atoms with Gasteiger partial charge in [-0.15, -0.1) is 0 Å². The normalized spacial score (nSPS) is 44.2. The Labute approximate surface area is 271 Å². The largest absolute Gasteiger partial charge is 1.00 e. The molecule has 16 atom stereocenters. The summed E-state index contributed by atoms with van der Waals surface area (Å²) in [5, 5.41) is 126. The fourth-order valence-electron chi connectivity index (χ4n) is 5.04. The Balaban J connectivity index is 0.00000675. The minimum absolute atomic E-state index is 0. The van der Waals surface area contributed by atoms with Gasteiger partial charge < -0.3 is 95.1 Å². The van der Waals surface area contributed by atoms with E-state index in [1.807, 2.05) is 0 Å². The average molecular weight is 656 g/mol. The zero-order valence-corrected chi connectivity index (χ0v) is 25.7. The summed E-state index contributed by atoms with van der Waals surface area (Å²) < 4.78 is 26.5. The van der Waals surface area contributed by atoms with Crippen LogP contribution in [-0.2, 0) is 33.3 Å². The molecule has 250 valence electrons. The van der Waals surface area contributed by atoms with Crippen LogP contribution < -0.4 is 40.0 Å². The summed E-state index contributed by atoms with van der Waals surface area (Å²) in [5.41, 5.74) is 0. The Morgan fingerprint density at radius 1 is 0.955 bits per heavy atom. The summed E-state index contributed by atoms with van der Waals surface area (Å²) in [6, 6.07) is -1.51. The quantitative estimate of drug-likeness (QED) is 0.0919. The monoisotopic (exact) mass is 655 g/mol. The van der Waals surface area contributed by atoms with Gasteiger partial charge in [0.1, 0.15) is 73.1 Å². The van der Waals surface area contributed by atoms with Gasteiger partial charge in [0.05, 0.1) is 32.0 Å². The molecule has 0 radical (unpaired) electrons. The van der Waals surface area contributed by atoms with E-state index in [4.69, 9.17) is 23.7 Å². The predicted molar refractivity (Wildman–Crippen MR) is 127 cm³/mol. The Kier molecular flexibility index (Phi) is 14.7. The molecule has 0 bridgehead atoms. The molecule has 3 aliphatic rings. The number of aliphatic carboxylic acids is 1. The number of hydrogen-bond donors (Lipinski definition) is 12. The van der Waals surface area contributed by atoms with Gasteiger partial charge in [0.2, 0.25) is 11.7 Å². The molecule has 0 saturated carbocycles. The van der Waals surface area contributed by atoms with Crippen LogP contribution in [0.1, 0.15) is 13.3 Å². The van der Waals surface area contributed by atoms with E-state index in [-0.39, 0.29) is 29.6 Å². The number of carbonyl (C=O) groups excluding carboxylic acids is 2. The van der Waals surface area contributed by atoms with Gasteiger partial charge in [0.15, 0.2) is 12.6 Å². The zero-order valence-electron chi connectivity index (χ0n) is 23.7. The van der Waals surface area contributed by atoms with E-state index in [1.54, 1.807) is 0 Å². The maximum absolute atomic E-state index is 12.2. The molecule has 12 N–H and O–H groups in total. The molecule has 0 spiro atoms. The van der Waals surface area contributed by atoms with Crippen molar-refractivity contribution in [1.29, 1.82) is 0 Å². The molecule has 20 nitrogen and oxygen atoms in total. The first kappa shape index (κ1) is 39.5. The molecule has 44 heavy (non-hydrogen) atoms. The van der Waals surface area contributed by atoms with Crippen molar-refractivity contribution in [1.82, 2.24) is 5.32 Å². The number of carbonyl (C=O) groups is 2. The second kappa shape index (κ2) is 16.4. The minimum Gasteiger partial charge on any atom is -0.544 e. The number of rotatable bonds is 11. The van der Waals surface area contributed by atoms with Crippen molar-refractivity contribution >= 4 is 11.9 Å². The second-order valence-corrected chi connectivity index (χ2v) is 10.5. The Hall–Kier alpha value is -0.700. The molecular weight excluding hydrogens is 617 g/mol. The smallest absolute Gasteiger partial charge is 0.544 e. The third kappa shape index (κ3) is 8.41. The summed E-state index contributed by atoms with van der Waals surface area (Å²) in [7, 11) is 0. The van der Waals surface area contributed by atoms with E-state index < -0.39 is 136 Å². The van der Waals surface area contributed by atoms with E-state index in [9.17, 15) is 70.9 Å². The van der Waals surface area contributed by atoms with E-state index >= 15 is 0 Å². The molecule has 16 unspecified atom stereocenters. The number of ether oxygens (including phenoxy) is 5. The van der Waals surface area contributed by atoms with Gasteiger partial charge in [0.25, 0.3) is 0 Å². The number of hydrogen-bond acceptors (Lipinski definition) is 19. The molecule has 3 saturated heterocycles. The first-order valence-corrected chi connectivity index (χ1v) is 13.2. The van der Waals surface area contributed by atoms with Crippen LogP contribution in [0.3, 0.4) is 0 Å². The maximum Gasteiger partial charge on any atom is 1.00 e. The molecule has 0 aromatic carbocycles. The summed E-state index contributed by atoms with van der Waals surface area (Å²) in [4.78, 5) is 23.9. The fourth-order valence-corrected chi connectivity index (χ4v) is 5.04. The molecule has 21 heteroatoms. The molecule has 0 aromatic heterocycles. The van der Waals surface area contributed by atoms with Crippen molar-refractivity contribution in [3.63, 3.8) is 0 Å². The third-order valence-electron chi connectivity index (χ3n) is 7.45. The number of nitrogens with one attached hydrogen (secondary N) is 1. The van der Waals surface area contributed by atoms with Gasteiger partial charge in [-0.05, 0) is 0 Å². The summed E-state index contributed by atoms with van der Waals surface area (Å²) >= 11 is 0. The van der Waals surface area contributed by atoms with Crippen molar-refractivity contribution in [2.45, 2.75) is 111 Å². The van der Waals surface area contributed by atoms with E-state index in [1.165, 1.54) is 0 Å². The van der Waals surface area contributed by atoms with Gasteiger partial charge in [-0.1, -0.05) is 0 Å². The Bertz CT molecular complexity index is 949. The first-order valence-electron chi connectivity index (χ1n) is 13.2. The number of carboxylic acids is 1. The molecule has 0 aromatic rings. The Morgan fingerprint density at radius 2 is 1.59 bits per heavy atom. The van der Waals surface area contributed by atoms with Crippen LogP contribution in [0.15, 0.2) is 0 Å². The van der Waals surface area contributed by atoms with Crippen molar-refractivity contribution in [3.05, 3.63) is 0 Å². The van der Waals surface area contributed by atoms with Crippen LogP contribution >= 0.6 is 0 Å². The van der Waals surface area contributed by atoms with Crippen molar-refractivity contribution in [2.75, 3.05) is 19.8 Å². The topological polar surface area (TPSA) is 338 Å². The second-order valence-electron chi connectivity index (χ2n) is 10.5. The average Bonchev–Trinajstić information content (AvgIpc) is 2.96. The number of amides is 1. The first-order chi connectivity index (χ1) is 20.1. The van der Waals surface area contributed by atoms with Gasteiger partial charge in [-0.2, -0.15) is 0 Å². The van der Waals surface area contributed by atoms with Crippen LogP contribution in [0.25, 0.3) is 0 Å². The molecule has 3 fully saturated rings. The minimum atomic E-state index is -2.94. The maximum atomic E-state index is 12.2. The molecule has 3 heterocycles. The van der Waals surface area contributed by atoms with E-state index in [2.05, 4.69) is 5.32 Å². The van der Waals surface area contributed by atoms with E-state index in [0.717, 1.165) is 6.92 Å².